The van der Waals surface area contributed by atoms with Crippen LogP contribution < -0.4 is 4.74 Å². The molecule has 1 aromatic heterocycles. The second kappa shape index (κ2) is 10.3. The van der Waals surface area contributed by atoms with E-state index in [1.54, 1.807) is 55.1 Å². The van der Waals surface area contributed by atoms with E-state index in [-0.39, 0.29) is 23.4 Å². The van der Waals surface area contributed by atoms with Crippen molar-refractivity contribution in [2.45, 2.75) is 32.4 Å². The Balaban J connectivity index is 1.69. The summed E-state index contributed by atoms with van der Waals surface area (Å²) >= 11 is 0. The Hall–Kier alpha value is -3.94. The number of likely N-dealkylation sites (tertiary alicyclic amines) is 1. The number of hydrogen-bond acceptors (Lipinski definition) is 5. The molecule has 7 nitrogen and oxygen atoms in total. The third kappa shape index (κ3) is 4.71. The third-order valence-electron chi connectivity index (χ3n) is 5.71. The Morgan fingerprint density at radius 2 is 1.88 bits per heavy atom. The first kappa shape index (κ1) is 23.2. The minimum atomic E-state index is -1.03. The Bertz CT molecular complexity index is 1190. The van der Waals surface area contributed by atoms with Gasteiger partial charge in [-0.2, -0.15) is 0 Å². The van der Waals surface area contributed by atoms with Crippen molar-refractivity contribution in [1.82, 2.24) is 14.5 Å². The molecule has 0 bridgehead atoms. The number of imidazole rings is 1. The highest BCUT2D eigenvalue weighted by atomic mass is 19.1. The van der Waals surface area contributed by atoms with E-state index >= 15 is 0 Å². The number of ketones is 1. The number of carbonyl (C=O) groups is 2. The number of benzene rings is 2. The predicted octanol–water partition coefficient (Wildman–Crippen LogP) is 4.32. The zero-order chi connectivity index (χ0) is 24.1. The number of nitrogens with zero attached hydrogens (tertiary/aromatic N) is 3. The highest BCUT2D eigenvalue weighted by Gasteiger charge is 2.46. The first-order valence-corrected chi connectivity index (χ1v) is 11.2. The fraction of sp³-hybridized carbons (Fsp3) is 0.269. The van der Waals surface area contributed by atoms with Crippen LogP contribution in [0.4, 0.5) is 4.39 Å². The van der Waals surface area contributed by atoms with Crippen molar-refractivity contribution >= 4 is 17.4 Å². The van der Waals surface area contributed by atoms with E-state index in [1.807, 2.05) is 11.5 Å². The molecule has 0 spiro atoms. The molecule has 3 aromatic rings. The molecule has 4 rings (SSSR count). The average molecular weight is 464 g/mol. The highest BCUT2D eigenvalue weighted by molar-refractivity contribution is 6.46. The number of aryl methyl sites for hydroxylation is 1. The van der Waals surface area contributed by atoms with Crippen LogP contribution >= 0.6 is 0 Å². The Labute approximate surface area is 197 Å². The summed E-state index contributed by atoms with van der Waals surface area (Å²) in [5.41, 5.74) is 0.385. The smallest absolute Gasteiger partial charge is 0.295 e. The van der Waals surface area contributed by atoms with Crippen LogP contribution in [0.3, 0.4) is 0 Å². The summed E-state index contributed by atoms with van der Waals surface area (Å²) in [5.74, 6) is -1.86. The molecular formula is C26H26FN3O4. The number of hydrogen-bond donors (Lipinski definition) is 1. The van der Waals surface area contributed by atoms with Gasteiger partial charge in [-0.15, -0.1) is 0 Å². The molecular weight excluding hydrogens is 437 g/mol. The van der Waals surface area contributed by atoms with Gasteiger partial charge < -0.3 is 19.3 Å². The topological polar surface area (TPSA) is 84.7 Å². The van der Waals surface area contributed by atoms with Crippen LogP contribution in [0, 0.1) is 5.82 Å². The van der Waals surface area contributed by atoms with Gasteiger partial charge in [0.15, 0.2) is 0 Å². The molecule has 2 heterocycles. The van der Waals surface area contributed by atoms with Gasteiger partial charge in [0.2, 0.25) is 0 Å². The average Bonchev–Trinajstić information content (AvgIpc) is 3.45. The molecule has 1 amide bonds. The SMILES string of the molecule is CCCOc1ccc(C(O)=C2C(=O)C(=O)N(CCCn3ccnc3)[C@@H]2c2ccccc2F)cc1. The monoisotopic (exact) mass is 463 g/mol. The third-order valence-corrected chi connectivity index (χ3v) is 5.71. The van der Waals surface area contributed by atoms with Gasteiger partial charge in [0.1, 0.15) is 17.3 Å². The minimum Gasteiger partial charge on any atom is -0.507 e. The number of aliphatic hydroxyl groups is 1. The van der Waals surface area contributed by atoms with Crippen LogP contribution in [0.1, 0.15) is 36.9 Å². The molecule has 2 aromatic carbocycles. The van der Waals surface area contributed by atoms with E-state index in [1.165, 1.54) is 17.0 Å². The van der Waals surface area contributed by atoms with Crippen LogP contribution in [-0.2, 0) is 16.1 Å². The molecule has 8 heteroatoms. The number of ether oxygens (including phenoxy) is 1. The first-order valence-electron chi connectivity index (χ1n) is 11.2. The van der Waals surface area contributed by atoms with E-state index in [4.69, 9.17) is 4.74 Å². The van der Waals surface area contributed by atoms with Crippen molar-refractivity contribution in [2.24, 2.45) is 0 Å². The van der Waals surface area contributed by atoms with Crippen molar-refractivity contribution in [3.63, 3.8) is 0 Å². The Morgan fingerprint density at radius 3 is 2.56 bits per heavy atom. The van der Waals surface area contributed by atoms with Crippen molar-refractivity contribution < 1.29 is 23.8 Å². The molecule has 1 saturated heterocycles. The van der Waals surface area contributed by atoms with Crippen molar-refractivity contribution in [3.05, 3.63) is 89.8 Å². The standard InChI is InChI=1S/C26H26FN3O4/c1-2-16-34-19-10-8-18(9-11-19)24(31)22-23(20-6-3-4-7-21(20)27)30(26(33)25(22)32)14-5-13-29-15-12-28-17-29/h3-4,6-12,15,17,23,31H,2,5,13-14,16H2,1H3/t23-/m1/s1. The van der Waals surface area contributed by atoms with Gasteiger partial charge in [0.25, 0.3) is 11.7 Å². The second-order valence-corrected chi connectivity index (χ2v) is 8.04. The maximum absolute atomic E-state index is 14.8. The molecule has 176 valence electrons. The fourth-order valence-corrected chi connectivity index (χ4v) is 4.06. The quantitative estimate of drug-likeness (QED) is 0.290. The molecule has 1 fully saturated rings. The summed E-state index contributed by atoms with van der Waals surface area (Å²) in [7, 11) is 0. The minimum absolute atomic E-state index is 0.125. The molecule has 1 atom stereocenters. The summed E-state index contributed by atoms with van der Waals surface area (Å²) in [6.07, 6.45) is 6.50. The van der Waals surface area contributed by atoms with E-state index in [2.05, 4.69) is 4.98 Å². The molecule has 34 heavy (non-hydrogen) atoms. The van der Waals surface area contributed by atoms with E-state index in [0.717, 1.165) is 6.42 Å². The summed E-state index contributed by atoms with van der Waals surface area (Å²) in [6, 6.07) is 11.6. The zero-order valence-corrected chi connectivity index (χ0v) is 18.9. The fourth-order valence-electron chi connectivity index (χ4n) is 4.06. The Kier molecular flexibility index (Phi) is 7.06. The van der Waals surface area contributed by atoms with Crippen LogP contribution in [0.15, 0.2) is 72.8 Å². The first-order chi connectivity index (χ1) is 16.5. The number of halogens is 1. The van der Waals surface area contributed by atoms with Crippen molar-refractivity contribution in [3.8, 4) is 5.75 Å². The number of Topliss-reactive ketones (excluding diaryl/α,β-unsaturated/α-hetero) is 1. The number of aromatic nitrogens is 2. The molecule has 0 unspecified atom stereocenters. The molecule has 0 aliphatic carbocycles. The summed E-state index contributed by atoms with van der Waals surface area (Å²) in [4.78, 5) is 31.4. The molecule has 1 aliphatic rings. The van der Waals surface area contributed by atoms with Crippen LogP contribution in [0.5, 0.6) is 5.75 Å². The number of aliphatic hydroxyl groups excluding tert-OH is 1. The van der Waals surface area contributed by atoms with Gasteiger partial charge in [-0.3, -0.25) is 9.59 Å². The lowest BCUT2D eigenvalue weighted by atomic mass is 9.95. The molecule has 1 N–H and O–H groups in total. The van der Waals surface area contributed by atoms with Gasteiger partial charge >= 0.3 is 0 Å². The van der Waals surface area contributed by atoms with Gasteiger partial charge in [-0.1, -0.05) is 25.1 Å². The van der Waals surface area contributed by atoms with Gasteiger partial charge in [-0.05, 0) is 43.2 Å². The lowest BCUT2D eigenvalue weighted by Crippen LogP contribution is -2.31. The van der Waals surface area contributed by atoms with E-state index in [0.29, 0.717) is 30.9 Å². The number of carbonyl (C=O) groups excluding carboxylic acids is 2. The van der Waals surface area contributed by atoms with Crippen LogP contribution in [0.25, 0.3) is 5.76 Å². The Morgan fingerprint density at radius 1 is 1.12 bits per heavy atom. The highest BCUT2D eigenvalue weighted by Crippen LogP contribution is 2.40. The normalized spacial score (nSPS) is 17.4. The number of amides is 1. The maximum atomic E-state index is 14.8. The number of rotatable bonds is 9. The van der Waals surface area contributed by atoms with Crippen molar-refractivity contribution in [2.75, 3.05) is 13.2 Å². The van der Waals surface area contributed by atoms with Crippen LogP contribution in [0.2, 0.25) is 0 Å². The summed E-state index contributed by atoms with van der Waals surface area (Å²) in [5, 5.41) is 11.1. The summed E-state index contributed by atoms with van der Waals surface area (Å²) < 4.78 is 22.3. The zero-order valence-electron chi connectivity index (χ0n) is 18.9. The van der Waals surface area contributed by atoms with Gasteiger partial charge in [-0.25, -0.2) is 9.37 Å². The lowest BCUT2D eigenvalue weighted by Gasteiger charge is -2.25. The van der Waals surface area contributed by atoms with Gasteiger partial charge in [0.05, 0.1) is 24.5 Å². The summed E-state index contributed by atoms with van der Waals surface area (Å²) in [6.45, 7) is 3.34. The lowest BCUT2D eigenvalue weighted by molar-refractivity contribution is -0.140. The molecule has 0 radical (unpaired) electrons. The molecule has 1 aliphatic heterocycles. The van der Waals surface area contributed by atoms with E-state index < -0.39 is 23.5 Å². The largest absolute Gasteiger partial charge is 0.507 e. The van der Waals surface area contributed by atoms with Crippen LogP contribution in [-0.4, -0.2) is 44.4 Å². The van der Waals surface area contributed by atoms with Gasteiger partial charge in [0, 0.05) is 36.6 Å². The predicted molar refractivity (Wildman–Crippen MR) is 124 cm³/mol. The second-order valence-electron chi connectivity index (χ2n) is 8.04. The van der Waals surface area contributed by atoms with Crippen molar-refractivity contribution in [1.29, 1.82) is 0 Å². The van der Waals surface area contributed by atoms with E-state index in [9.17, 15) is 19.1 Å². The molecule has 0 saturated carbocycles. The maximum Gasteiger partial charge on any atom is 0.295 e.